The summed E-state index contributed by atoms with van der Waals surface area (Å²) < 4.78 is 39.3. The van der Waals surface area contributed by atoms with E-state index in [1.165, 1.54) is 31.2 Å². The van der Waals surface area contributed by atoms with E-state index in [-0.39, 0.29) is 17.1 Å². The normalized spacial score (nSPS) is 13.8. The van der Waals surface area contributed by atoms with Gasteiger partial charge in [0.25, 0.3) is 0 Å². The minimum Gasteiger partial charge on any atom is -0.423 e. The van der Waals surface area contributed by atoms with Crippen LogP contribution in [0.3, 0.4) is 0 Å². The van der Waals surface area contributed by atoms with Crippen LogP contribution in [0.15, 0.2) is 72.8 Å². The first-order valence-electron chi connectivity index (χ1n) is 10.5. The molecule has 0 unspecified atom stereocenters. The quantitative estimate of drug-likeness (QED) is 0.246. The minimum absolute atomic E-state index is 0.102. The average molecular weight is 448 g/mol. The summed E-state index contributed by atoms with van der Waals surface area (Å²) in [5.74, 6) is -2.73. The minimum atomic E-state index is -0.703. The third kappa shape index (κ3) is 4.85. The molecule has 3 aromatic carbocycles. The molecule has 1 aliphatic rings. The van der Waals surface area contributed by atoms with Crippen molar-refractivity contribution in [3.63, 3.8) is 0 Å². The summed E-state index contributed by atoms with van der Waals surface area (Å²) in [4.78, 5) is 23.7. The summed E-state index contributed by atoms with van der Waals surface area (Å²) >= 11 is 0. The third-order valence-corrected chi connectivity index (χ3v) is 5.64. The van der Waals surface area contributed by atoms with Crippen molar-refractivity contribution in [1.82, 2.24) is 0 Å². The number of carbonyl (C=O) groups is 2. The standard InChI is InChI=1S/C27H22F2O4/c1-16(2)25(30)32-23-9-7-19(14-21(23)28)17-5-4-6-18(13-17)20-8-10-24(22(29)15-20)33-26(31)27(3)11-12-27/h4-10,13-15H,1,11-12H2,2-3H3. The smallest absolute Gasteiger partial charge is 0.338 e. The van der Waals surface area contributed by atoms with Gasteiger partial charge in [0.1, 0.15) is 0 Å². The maximum atomic E-state index is 14.6. The van der Waals surface area contributed by atoms with Crippen molar-refractivity contribution in [3.05, 3.63) is 84.5 Å². The first kappa shape index (κ1) is 22.4. The molecule has 0 saturated heterocycles. The highest BCUT2D eigenvalue weighted by molar-refractivity contribution is 5.89. The molecule has 168 valence electrons. The van der Waals surface area contributed by atoms with Crippen LogP contribution >= 0.6 is 0 Å². The maximum absolute atomic E-state index is 14.6. The summed E-state index contributed by atoms with van der Waals surface area (Å²) in [5, 5.41) is 0. The molecule has 4 nitrogen and oxygen atoms in total. The van der Waals surface area contributed by atoms with Gasteiger partial charge in [-0.1, -0.05) is 36.9 Å². The van der Waals surface area contributed by atoms with Crippen LogP contribution in [0.5, 0.6) is 11.5 Å². The van der Waals surface area contributed by atoms with E-state index in [9.17, 15) is 18.4 Å². The van der Waals surface area contributed by atoms with Gasteiger partial charge in [-0.3, -0.25) is 4.79 Å². The number of ether oxygens (including phenoxy) is 2. The van der Waals surface area contributed by atoms with Gasteiger partial charge in [-0.2, -0.15) is 0 Å². The molecule has 0 N–H and O–H groups in total. The van der Waals surface area contributed by atoms with Crippen LogP contribution in [0.2, 0.25) is 0 Å². The van der Waals surface area contributed by atoms with Gasteiger partial charge >= 0.3 is 11.9 Å². The first-order valence-corrected chi connectivity index (χ1v) is 10.5. The van der Waals surface area contributed by atoms with Gasteiger partial charge in [0.05, 0.1) is 5.41 Å². The van der Waals surface area contributed by atoms with Crippen LogP contribution in [0.1, 0.15) is 26.7 Å². The van der Waals surface area contributed by atoms with Gasteiger partial charge in [0.2, 0.25) is 0 Å². The van der Waals surface area contributed by atoms with Crippen molar-refractivity contribution in [3.8, 4) is 33.8 Å². The van der Waals surface area contributed by atoms with E-state index in [0.29, 0.717) is 22.3 Å². The molecular weight excluding hydrogens is 426 g/mol. The van der Waals surface area contributed by atoms with Crippen LogP contribution in [0.25, 0.3) is 22.3 Å². The fourth-order valence-electron chi connectivity index (χ4n) is 3.21. The van der Waals surface area contributed by atoms with Crippen molar-refractivity contribution >= 4 is 11.9 Å². The average Bonchev–Trinajstić information content (AvgIpc) is 3.55. The highest BCUT2D eigenvalue weighted by Gasteiger charge is 2.47. The van der Waals surface area contributed by atoms with Crippen molar-refractivity contribution in [2.75, 3.05) is 0 Å². The van der Waals surface area contributed by atoms with E-state index in [1.807, 2.05) is 0 Å². The van der Waals surface area contributed by atoms with Gasteiger partial charge in [-0.25, -0.2) is 13.6 Å². The van der Waals surface area contributed by atoms with Crippen molar-refractivity contribution in [2.24, 2.45) is 5.41 Å². The Morgan fingerprint density at radius 2 is 1.30 bits per heavy atom. The second kappa shape index (κ2) is 8.62. The summed E-state index contributed by atoms with van der Waals surface area (Å²) in [5.41, 5.74) is 2.21. The molecular formula is C27H22F2O4. The Balaban J connectivity index is 1.56. The van der Waals surface area contributed by atoms with Gasteiger partial charge in [0.15, 0.2) is 23.1 Å². The van der Waals surface area contributed by atoms with Crippen LogP contribution < -0.4 is 9.47 Å². The molecule has 33 heavy (non-hydrogen) atoms. The van der Waals surface area contributed by atoms with Crippen molar-refractivity contribution in [1.29, 1.82) is 0 Å². The zero-order chi connectivity index (χ0) is 23.8. The van der Waals surface area contributed by atoms with Crippen molar-refractivity contribution < 1.29 is 27.8 Å². The Morgan fingerprint density at radius 3 is 1.76 bits per heavy atom. The number of carbonyl (C=O) groups excluding carboxylic acids is 2. The van der Waals surface area contributed by atoms with Crippen LogP contribution in [-0.2, 0) is 9.59 Å². The van der Waals surface area contributed by atoms with E-state index in [0.717, 1.165) is 12.8 Å². The number of esters is 2. The highest BCUT2D eigenvalue weighted by atomic mass is 19.1. The predicted molar refractivity (Wildman–Crippen MR) is 121 cm³/mol. The topological polar surface area (TPSA) is 52.6 Å². The largest absolute Gasteiger partial charge is 0.423 e. The molecule has 6 heteroatoms. The molecule has 0 heterocycles. The first-order chi connectivity index (χ1) is 15.7. The number of benzene rings is 3. The summed E-state index contributed by atoms with van der Waals surface area (Å²) in [6, 6.07) is 15.8. The molecule has 0 atom stereocenters. The molecule has 4 rings (SSSR count). The summed E-state index contributed by atoms with van der Waals surface area (Å²) in [6.07, 6.45) is 1.49. The van der Waals surface area contributed by atoms with Gasteiger partial charge in [0, 0.05) is 5.57 Å². The summed E-state index contributed by atoms with van der Waals surface area (Å²) in [6.45, 7) is 6.75. The Hall–Kier alpha value is -3.80. The number of hydrogen-bond acceptors (Lipinski definition) is 4. The Kier molecular flexibility index (Phi) is 5.85. The molecule has 0 aromatic heterocycles. The second-order valence-corrected chi connectivity index (χ2v) is 8.49. The molecule has 0 radical (unpaired) electrons. The Labute approximate surface area is 190 Å². The lowest BCUT2D eigenvalue weighted by Crippen LogP contribution is -2.19. The van der Waals surface area contributed by atoms with E-state index < -0.39 is 29.0 Å². The van der Waals surface area contributed by atoms with Crippen LogP contribution in [0.4, 0.5) is 8.78 Å². The van der Waals surface area contributed by atoms with Crippen LogP contribution in [0, 0.1) is 17.0 Å². The molecule has 0 spiro atoms. The van der Waals surface area contributed by atoms with E-state index >= 15 is 0 Å². The van der Waals surface area contributed by atoms with E-state index in [1.54, 1.807) is 43.3 Å². The lowest BCUT2D eigenvalue weighted by atomic mass is 9.98. The second-order valence-electron chi connectivity index (χ2n) is 8.49. The number of halogens is 2. The van der Waals surface area contributed by atoms with Gasteiger partial charge in [-0.05, 0) is 79.3 Å². The van der Waals surface area contributed by atoms with E-state index in [4.69, 9.17) is 9.47 Å². The Morgan fingerprint density at radius 1 is 0.818 bits per heavy atom. The fraction of sp³-hybridized carbons (Fsp3) is 0.185. The zero-order valence-electron chi connectivity index (χ0n) is 18.3. The third-order valence-electron chi connectivity index (χ3n) is 5.64. The lowest BCUT2D eigenvalue weighted by molar-refractivity contribution is -0.140. The zero-order valence-corrected chi connectivity index (χ0v) is 18.3. The highest BCUT2D eigenvalue weighted by Crippen LogP contribution is 2.46. The number of rotatable bonds is 6. The molecule has 1 aliphatic carbocycles. The molecule has 0 amide bonds. The predicted octanol–water partition coefficient (Wildman–Crippen LogP) is 6.49. The molecule has 3 aromatic rings. The lowest BCUT2D eigenvalue weighted by Gasteiger charge is -2.11. The summed E-state index contributed by atoms with van der Waals surface area (Å²) in [7, 11) is 0. The molecule has 0 aliphatic heterocycles. The fourth-order valence-corrected chi connectivity index (χ4v) is 3.21. The molecule has 1 saturated carbocycles. The van der Waals surface area contributed by atoms with E-state index in [2.05, 4.69) is 6.58 Å². The van der Waals surface area contributed by atoms with Crippen LogP contribution in [-0.4, -0.2) is 11.9 Å². The molecule has 1 fully saturated rings. The monoisotopic (exact) mass is 448 g/mol. The molecule has 0 bridgehead atoms. The Bertz CT molecular complexity index is 1270. The SMILES string of the molecule is C=C(C)C(=O)Oc1ccc(-c2cccc(-c3ccc(OC(=O)C4(C)CC4)c(F)c3)c2)cc1F. The van der Waals surface area contributed by atoms with Crippen molar-refractivity contribution in [2.45, 2.75) is 26.7 Å². The maximum Gasteiger partial charge on any atom is 0.338 e. The van der Waals surface area contributed by atoms with Gasteiger partial charge in [-0.15, -0.1) is 0 Å². The number of hydrogen-bond donors (Lipinski definition) is 0. The van der Waals surface area contributed by atoms with Gasteiger partial charge < -0.3 is 9.47 Å².